The molecule has 0 fully saturated rings. The first-order chi connectivity index (χ1) is 12.8. The first kappa shape index (κ1) is 19.5. The number of nitrogens with zero attached hydrogens (tertiary/aromatic N) is 2. The summed E-state index contributed by atoms with van der Waals surface area (Å²) in [6, 6.07) is 14.6. The summed E-state index contributed by atoms with van der Waals surface area (Å²) in [5.74, 6) is 0.143. The van der Waals surface area contributed by atoms with Crippen LogP contribution in [0.25, 0.3) is 10.2 Å². The van der Waals surface area contributed by atoms with Gasteiger partial charge in [-0.25, -0.2) is 4.98 Å². The number of carbonyl (C=O) groups is 1. The zero-order valence-corrected chi connectivity index (χ0v) is 17.6. The monoisotopic (exact) mass is 382 g/mol. The molecule has 2 atom stereocenters. The van der Waals surface area contributed by atoms with Gasteiger partial charge < -0.3 is 9.80 Å². The molecule has 27 heavy (non-hydrogen) atoms. The van der Waals surface area contributed by atoms with E-state index >= 15 is 0 Å². The van der Waals surface area contributed by atoms with Crippen LogP contribution >= 0.6 is 11.3 Å². The van der Waals surface area contributed by atoms with Gasteiger partial charge in [-0.1, -0.05) is 35.9 Å². The largest absolute Gasteiger partial charge is 0.332 e. The topological polar surface area (TPSA) is 37.6 Å². The molecule has 1 aromatic heterocycles. The van der Waals surface area contributed by atoms with Gasteiger partial charge in [-0.2, -0.15) is 0 Å². The maximum Gasteiger partial charge on any atom is 0.278 e. The molecule has 2 aromatic carbocycles. The number of benzene rings is 2. The van der Waals surface area contributed by atoms with Crippen LogP contribution in [0.1, 0.15) is 34.7 Å². The van der Waals surface area contributed by atoms with E-state index in [1.807, 2.05) is 30.1 Å². The SMILES string of the molecule is Cc1ccc(C[NH+](C)CC(=O)N(C)[C@H](C)c2nc3ccccc3s2)c(C)c1. The third-order valence-electron chi connectivity index (χ3n) is 5.09. The molecule has 3 aromatic rings. The summed E-state index contributed by atoms with van der Waals surface area (Å²) in [4.78, 5) is 20.5. The number of carbonyl (C=O) groups excluding carboxylic acids is 1. The summed E-state index contributed by atoms with van der Waals surface area (Å²) in [6.45, 7) is 7.61. The molecule has 4 nitrogen and oxygen atoms in total. The van der Waals surface area contributed by atoms with E-state index in [1.54, 1.807) is 11.3 Å². The summed E-state index contributed by atoms with van der Waals surface area (Å²) < 4.78 is 1.16. The Morgan fingerprint density at radius 2 is 1.96 bits per heavy atom. The van der Waals surface area contributed by atoms with E-state index in [9.17, 15) is 4.79 Å². The number of para-hydroxylation sites is 1. The Kier molecular flexibility index (Phi) is 5.92. The number of hydrogen-bond donors (Lipinski definition) is 1. The van der Waals surface area contributed by atoms with E-state index in [4.69, 9.17) is 4.98 Å². The number of nitrogens with one attached hydrogen (secondary N) is 1. The van der Waals surface area contributed by atoms with Crippen molar-refractivity contribution in [3.8, 4) is 0 Å². The summed E-state index contributed by atoms with van der Waals surface area (Å²) in [5.41, 5.74) is 4.86. The molecule has 3 rings (SSSR count). The Hall–Kier alpha value is -2.24. The van der Waals surface area contributed by atoms with Crippen molar-refractivity contribution < 1.29 is 9.69 Å². The number of rotatable bonds is 6. The highest BCUT2D eigenvalue weighted by atomic mass is 32.1. The molecular formula is C22H28N3OS+. The standard InChI is InChI=1S/C22H27N3OS/c1-15-10-11-18(16(2)12-15)13-24(4)14-21(26)25(5)17(3)22-23-19-8-6-7-9-20(19)27-22/h6-12,17H,13-14H2,1-5H3/p+1/t17-/m1/s1. The average molecular weight is 383 g/mol. The van der Waals surface area contributed by atoms with Crippen LogP contribution in [0.3, 0.4) is 0 Å². The average Bonchev–Trinajstić information content (AvgIpc) is 3.07. The highest BCUT2D eigenvalue weighted by Crippen LogP contribution is 2.28. The molecular weight excluding hydrogens is 354 g/mol. The fraction of sp³-hybridized carbons (Fsp3) is 0.364. The summed E-state index contributed by atoms with van der Waals surface area (Å²) >= 11 is 1.66. The number of aryl methyl sites for hydroxylation is 2. The molecule has 0 aliphatic rings. The van der Waals surface area contributed by atoms with Gasteiger partial charge >= 0.3 is 0 Å². The third-order valence-corrected chi connectivity index (χ3v) is 6.29. The van der Waals surface area contributed by atoms with Gasteiger partial charge in [0, 0.05) is 12.6 Å². The van der Waals surface area contributed by atoms with E-state index in [1.165, 1.54) is 21.6 Å². The van der Waals surface area contributed by atoms with Gasteiger partial charge in [-0.05, 0) is 38.5 Å². The second-order valence-electron chi connectivity index (χ2n) is 7.44. The molecule has 1 N–H and O–H groups in total. The zero-order valence-electron chi connectivity index (χ0n) is 16.7. The van der Waals surface area contributed by atoms with Crippen LogP contribution in [-0.4, -0.2) is 36.4 Å². The van der Waals surface area contributed by atoms with Gasteiger partial charge in [-0.15, -0.1) is 11.3 Å². The minimum atomic E-state index is -0.0242. The van der Waals surface area contributed by atoms with Crippen molar-refractivity contribution in [1.29, 1.82) is 0 Å². The lowest BCUT2D eigenvalue weighted by atomic mass is 10.1. The summed E-state index contributed by atoms with van der Waals surface area (Å²) in [5, 5.41) is 0.985. The molecule has 0 saturated heterocycles. The van der Waals surface area contributed by atoms with Gasteiger partial charge in [0.05, 0.1) is 23.3 Å². The molecule has 5 heteroatoms. The number of thiazole rings is 1. The van der Waals surface area contributed by atoms with Crippen molar-refractivity contribution in [3.63, 3.8) is 0 Å². The number of hydrogen-bond acceptors (Lipinski definition) is 3. The van der Waals surface area contributed by atoms with Crippen LogP contribution < -0.4 is 4.90 Å². The zero-order chi connectivity index (χ0) is 19.6. The maximum absolute atomic E-state index is 12.8. The minimum absolute atomic E-state index is 0.0242. The van der Waals surface area contributed by atoms with Gasteiger partial charge in [-0.3, -0.25) is 4.79 Å². The predicted molar refractivity (Wildman–Crippen MR) is 112 cm³/mol. The quantitative estimate of drug-likeness (QED) is 0.711. The molecule has 0 radical (unpaired) electrons. The van der Waals surface area contributed by atoms with Crippen LogP contribution in [-0.2, 0) is 11.3 Å². The van der Waals surface area contributed by atoms with Crippen LogP contribution in [0, 0.1) is 13.8 Å². The number of amides is 1. The Balaban J connectivity index is 1.63. The fourth-order valence-electron chi connectivity index (χ4n) is 3.26. The van der Waals surface area contributed by atoms with Crippen molar-refractivity contribution >= 4 is 27.5 Å². The summed E-state index contributed by atoms with van der Waals surface area (Å²) in [7, 11) is 3.96. The van der Waals surface area contributed by atoms with E-state index in [0.29, 0.717) is 6.54 Å². The lowest BCUT2D eigenvalue weighted by Crippen LogP contribution is -3.08. The van der Waals surface area contributed by atoms with E-state index in [0.717, 1.165) is 21.8 Å². The van der Waals surface area contributed by atoms with Gasteiger partial charge in [0.15, 0.2) is 6.54 Å². The minimum Gasteiger partial charge on any atom is -0.332 e. The molecule has 0 saturated carbocycles. The van der Waals surface area contributed by atoms with E-state index < -0.39 is 0 Å². The van der Waals surface area contributed by atoms with Crippen molar-refractivity contribution in [1.82, 2.24) is 9.88 Å². The number of likely N-dealkylation sites (N-methyl/N-ethyl adjacent to an activating group) is 2. The normalized spacial score (nSPS) is 13.5. The molecule has 0 aliphatic heterocycles. The molecule has 0 spiro atoms. The van der Waals surface area contributed by atoms with Crippen LogP contribution in [0.5, 0.6) is 0 Å². The van der Waals surface area contributed by atoms with Crippen molar-refractivity contribution in [2.45, 2.75) is 33.4 Å². The number of quaternary nitrogens is 1. The summed E-state index contributed by atoms with van der Waals surface area (Å²) in [6.07, 6.45) is 0. The molecule has 1 heterocycles. The second-order valence-corrected chi connectivity index (χ2v) is 8.50. The van der Waals surface area contributed by atoms with Gasteiger partial charge in [0.1, 0.15) is 11.6 Å². The van der Waals surface area contributed by atoms with Crippen LogP contribution in [0.2, 0.25) is 0 Å². The molecule has 0 aliphatic carbocycles. The van der Waals surface area contributed by atoms with Gasteiger partial charge in [0.2, 0.25) is 0 Å². The Morgan fingerprint density at radius 3 is 2.67 bits per heavy atom. The second kappa shape index (κ2) is 8.19. The Bertz CT molecular complexity index is 917. The first-order valence-electron chi connectivity index (χ1n) is 9.33. The molecule has 1 unspecified atom stereocenters. The lowest BCUT2D eigenvalue weighted by molar-refractivity contribution is -0.885. The smallest absolute Gasteiger partial charge is 0.278 e. The lowest BCUT2D eigenvalue weighted by Gasteiger charge is -2.25. The highest BCUT2D eigenvalue weighted by Gasteiger charge is 2.23. The number of aromatic nitrogens is 1. The fourth-order valence-corrected chi connectivity index (χ4v) is 4.33. The molecule has 1 amide bonds. The van der Waals surface area contributed by atoms with Crippen LogP contribution in [0.4, 0.5) is 0 Å². The van der Waals surface area contributed by atoms with E-state index in [-0.39, 0.29) is 11.9 Å². The Morgan fingerprint density at radius 1 is 1.22 bits per heavy atom. The number of fused-ring (bicyclic) bond motifs is 1. The third kappa shape index (κ3) is 4.54. The molecule has 0 bridgehead atoms. The first-order valence-corrected chi connectivity index (χ1v) is 10.2. The molecule has 142 valence electrons. The highest BCUT2D eigenvalue weighted by molar-refractivity contribution is 7.18. The predicted octanol–water partition coefficient (Wildman–Crippen LogP) is 3.15. The van der Waals surface area contributed by atoms with E-state index in [2.05, 4.69) is 52.1 Å². The van der Waals surface area contributed by atoms with Crippen LogP contribution in [0.15, 0.2) is 42.5 Å². The van der Waals surface area contributed by atoms with Crippen molar-refractivity contribution in [2.24, 2.45) is 0 Å². The van der Waals surface area contributed by atoms with Gasteiger partial charge in [0.25, 0.3) is 5.91 Å². The van der Waals surface area contributed by atoms with Crippen molar-refractivity contribution in [3.05, 3.63) is 64.2 Å². The Labute approximate surface area is 165 Å². The van der Waals surface area contributed by atoms with Crippen molar-refractivity contribution in [2.75, 3.05) is 20.6 Å². The maximum atomic E-state index is 12.8.